The fourth-order valence-electron chi connectivity index (χ4n) is 0.985. The lowest BCUT2D eigenvalue weighted by atomic mass is 10.2. The topological polar surface area (TPSA) is 53.3 Å². The molecule has 84 valence electrons. The minimum Gasteiger partial charge on any atom is -0.484 e. The van der Waals surface area contributed by atoms with Gasteiger partial charge in [-0.2, -0.15) is 5.26 Å². The van der Waals surface area contributed by atoms with Crippen LogP contribution >= 0.6 is 0 Å². The number of carbonyl (C=O) groups is 1. The highest BCUT2D eigenvalue weighted by atomic mass is 19.1. The highest BCUT2D eigenvalue weighted by Gasteiger charge is 2.06. The summed E-state index contributed by atoms with van der Waals surface area (Å²) < 4.78 is 18.0. The highest BCUT2D eigenvalue weighted by Crippen LogP contribution is 2.15. The molecule has 0 heterocycles. The van der Waals surface area contributed by atoms with Crippen molar-refractivity contribution in [3.05, 3.63) is 29.6 Å². The number of amides is 1. The van der Waals surface area contributed by atoms with Gasteiger partial charge >= 0.3 is 0 Å². The van der Waals surface area contributed by atoms with Crippen LogP contribution in [0, 0.1) is 17.1 Å². The number of hydrogen-bond acceptors (Lipinski definition) is 3. The summed E-state index contributed by atoms with van der Waals surface area (Å²) in [5.41, 5.74) is 0.160. The van der Waals surface area contributed by atoms with Gasteiger partial charge in [0.25, 0.3) is 5.91 Å². The molecule has 4 nitrogen and oxygen atoms in total. The molecule has 0 N–H and O–H groups in total. The minimum absolute atomic E-state index is 0.160. The van der Waals surface area contributed by atoms with Crippen LogP contribution in [-0.2, 0) is 4.79 Å². The van der Waals surface area contributed by atoms with Gasteiger partial charge in [0, 0.05) is 20.2 Å². The minimum atomic E-state index is -0.564. The average molecular weight is 222 g/mol. The average Bonchev–Trinajstić information content (AvgIpc) is 2.24. The van der Waals surface area contributed by atoms with E-state index in [1.54, 1.807) is 20.2 Å². The summed E-state index contributed by atoms with van der Waals surface area (Å²) in [7, 11) is 3.19. The van der Waals surface area contributed by atoms with Gasteiger partial charge < -0.3 is 9.64 Å². The van der Waals surface area contributed by atoms with Gasteiger partial charge in [0.15, 0.2) is 6.61 Å². The molecule has 0 unspecified atom stereocenters. The summed E-state index contributed by atoms with van der Waals surface area (Å²) in [4.78, 5) is 12.6. The third-order valence-electron chi connectivity index (χ3n) is 1.86. The second-order valence-corrected chi connectivity index (χ2v) is 3.36. The molecule has 1 rings (SSSR count). The molecule has 0 aliphatic heterocycles. The first-order chi connectivity index (χ1) is 7.52. The van der Waals surface area contributed by atoms with Crippen molar-refractivity contribution in [3.63, 3.8) is 0 Å². The smallest absolute Gasteiger partial charge is 0.259 e. The monoisotopic (exact) mass is 222 g/mol. The number of likely N-dealkylation sites (N-methyl/N-ethyl adjacent to an activating group) is 1. The Morgan fingerprint density at radius 3 is 2.75 bits per heavy atom. The van der Waals surface area contributed by atoms with E-state index in [-0.39, 0.29) is 23.8 Å². The number of ether oxygens (including phenoxy) is 1. The molecular weight excluding hydrogens is 211 g/mol. The van der Waals surface area contributed by atoms with Crippen molar-refractivity contribution in [2.75, 3.05) is 20.7 Å². The summed E-state index contributed by atoms with van der Waals surface area (Å²) in [6.07, 6.45) is 0. The third-order valence-corrected chi connectivity index (χ3v) is 1.86. The fourth-order valence-corrected chi connectivity index (χ4v) is 0.985. The van der Waals surface area contributed by atoms with Gasteiger partial charge in [0.1, 0.15) is 11.6 Å². The largest absolute Gasteiger partial charge is 0.484 e. The number of carbonyl (C=O) groups excluding carboxylic acids is 1. The Morgan fingerprint density at radius 1 is 1.50 bits per heavy atom. The summed E-state index contributed by atoms with van der Waals surface area (Å²) >= 11 is 0. The fraction of sp³-hybridized carbons (Fsp3) is 0.273. The lowest BCUT2D eigenvalue weighted by Crippen LogP contribution is -2.27. The molecule has 0 fully saturated rings. The van der Waals surface area contributed by atoms with E-state index in [0.717, 1.165) is 12.1 Å². The van der Waals surface area contributed by atoms with E-state index in [4.69, 9.17) is 10.00 Å². The molecule has 0 radical (unpaired) electrons. The van der Waals surface area contributed by atoms with Gasteiger partial charge in [-0.15, -0.1) is 0 Å². The number of nitrogens with zero attached hydrogens (tertiary/aromatic N) is 2. The van der Waals surface area contributed by atoms with E-state index in [1.807, 2.05) is 0 Å². The van der Waals surface area contributed by atoms with Crippen LogP contribution in [0.4, 0.5) is 4.39 Å². The zero-order chi connectivity index (χ0) is 12.1. The SMILES string of the molecule is CN(C)C(=O)COc1cc(F)cc(C#N)c1. The standard InChI is InChI=1S/C11H11FN2O2/c1-14(2)11(15)7-16-10-4-8(6-13)3-9(12)5-10/h3-5H,7H2,1-2H3. The molecule has 0 bridgehead atoms. The van der Waals surface area contributed by atoms with Crippen molar-refractivity contribution in [1.82, 2.24) is 4.90 Å². The zero-order valence-corrected chi connectivity index (χ0v) is 9.03. The number of benzene rings is 1. The normalized spacial score (nSPS) is 9.38. The molecular formula is C11H11FN2O2. The summed E-state index contributed by atoms with van der Waals surface area (Å²) in [6, 6.07) is 5.41. The maximum Gasteiger partial charge on any atom is 0.259 e. The second kappa shape index (κ2) is 5.12. The highest BCUT2D eigenvalue weighted by molar-refractivity contribution is 5.77. The molecule has 0 aliphatic carbocycles. The summed E-state index contributed by atoms with van der Waals surface area (Å²) in [6.45, 7) is -0.179. The van der Waals surface area contributed by atoms with Gasteiger partial charge in [0.05, 0.1) is 11.6 Å². The maximum atomic E-state index is 13.0. The molecule has 5 heteroatoms. The van der Waals surface area contributed by atoms with Crippen molar-refractivity contribution in [3.8, 4) is 11.8 Å². The van der Waals surface area contributed by atoms with Crippen LogP contribution < -0.4 is 4.74 Å². The molecule has 16 heavy (non-hydrogen) atoms. The molecule has 1 aromatic carbocycles. The first kappa shape index (κ1) is 12.0. The van der Waals surface area contributed by atoms with Crippen molar-refractivity contribution < 1.29 is 13.9 Å². The Labute approximate surface area is 92.8 Å². The Balaban J connectivity index is 2.71. The Kier molecular flexibility index (Phi) is 3.84. The van der Waals surface area contributed by atoms with Crippen LogP contribution in [0.1, 0.15) is 5.56 Å². The van der Waals surface area contributed by atoms with Crippen LogP contribution in [0.3, 0.4) is 0 Å². The predicted octanol–water partition coefficient (Wildman–Crippen LogP) is 1.16. The molecule has 1 aromatic rings. The van der Waals surface area contributed by atoms with Gasteiger partial charge in [-0.05, 0) is 12.1 Å². The van der Waals surface area contributed by atoms with Gasteiger partial charge in [-0.1, -0.05) is 0 Å². The van der Waals surface area contributed by atoms with Crippen LogP contribution in [0.2, 0.25) is 0 Å². The predicted molar refractivity (Wildman–Crippen MR) is 55.3 cm³/mol. The lowest BCUT2D eigenvalue weighted by Gasteiger charge is -2.11. The Bertz CT molecular complexity index is 438. The van der Waals surface area contributed by atoms with Crippen LogP contribution in [0.5, 0.6) is 5.75 Å². The van der Waals surface area contributed by atoms with Crippen molar-refractivity contribution >= 4 is 5.91 Å². The van der Waals surface area contributed by atoms with Gasteiger partial charge in [-0.3, -0.25) is 4.79 Å². The van der Waals surface area contributed by atoms with E-state index in [9.17, 15) is 9.18 Å². The summed E-state index contributed by atoms with van der Waals surface area (Å²) in [5.74, 6) is -0.624. The zero-order valence-electron chi connectivity index (χ0n) is 9.03. The maximum absolute atomic E-state index is 13.0. The molecule has 0 saturated heterocycles. The van der Waals surface area contributed by atoms with Gasteiger partial charge in [-0.25, -0.2) is 4.39 Å². The lowest BCUT2D eigenvalue weighted by molar-refractivity contribution is -0.130. The van der Waals surface area contributed by atoms with Crippen LogP contribution in [0.25, 0.3) is 0 Å². The molecule has 0 saturated carbocycles. The molecule has 0 aliphatic rings. The Morgan fingerprint density at radius 2 is 2.19 bits per heavy atom. The molecule has 0 spiro atoms. The summed E-state index contributed by atoms with van der Waals surface area (Å²) in [5, 5.41) is 8.60. The van der Waals surface area contributed by atoms with E-state index in [1.165, 1.54) is 11.0 Å². The van der Waals surface area contributed by atoms with E-state index < -0.39 is 5.82 Å². The van der Waals surface area contributed by atoms with E-state index in [0.29, 0.717) is 0 Å². The second-order valence-electron chi connectivity index (χ2n) is 3.36. The van der Waals surface area contributed by atoms with Crippen LogP contribution in [0.15, 0.2) is 18.2 Å². The Hall–Kier alpha value is -2.09. The first-order valence-electron chi connectivity index (χ1n) is 4.56. The van der Waals surface area contributed by atoms with Crippen molar-refractivity contribution in [2.24, 2.45) is 0 Å². The van der Waals surface area contributed by atoms with Gasteiger partial charge in [0.2, 0.25) is 0 Å². The van der Waals surface area contributed by atoms with Crippen molar-refractivity contribution in [2.45, 2.75) is 0 Å². The molecule has 1 amide bonds. The number of nitriles is 1. The van der Waals surface area contributed by atoms with E-state index >= 15 is 0 Å². The van der Waals surface area contributed by atoms with Crippen LogP contribution in [-0.4, -0.2) is 31.5 Å². The van der Waals surface area contributed by atoms with E-state index in [2.05, 4.69) is 0 Å². The third kappa shape index (κ3) is 3.24. The molecule has 0 atom stereocenters. The quantitative estimate of drug-likeness (QED) is 0.771. The molecule has 0 aromatic heterocycles. The number of hydrogen-bond donors (Lipinski definition) is 0. The number of halogens is 1. The van der Waals surface area contributed by atoms with Crippen molar-refractivity contribution in [1.29, 1.82) is 5.26 Å². The number of rotatable bonds is 3. The first-order valence-corrected chi connectivity index (χ1v) is 4.56.